The summed E-state index contributed by atoms with van der Waals surface area (Å²) in [5, 5.41) is 0. The first kappa shape index (κ1) is 23.0. The van der Waals surface area contributed by atoms with E-state index in [0.29, 0.717) is 38.1 Å². The Morgan fingerprint density at radius 3 is 2.62 bits per heavy atom. The van der Waals surface area contributed by atoms with Crippen molar-refractivity contribution in [2.45, 2.75) is 53.5 Å². The van der Waals surface area contributed by atoms with Gasteiger partial charge in [-0.15, -0.1) is 0 Å². The molecule has 2 aromatic rings. The van der Waals surface area contributed by atoms with E-state index in [1.54, 1.807) is 21.6 Å². The van der Waals surface area contributed by atoms with Crippen LogP contribution in [0.25, 0.3) is 11.7 Å². The molecular weight excluding hydrogens is 440 g/mol. The van der Waals surface area contributed by atoms with Crippen molar-refractivity contribution in [1.82, 2.24) is 14.3 Å². The minimum Gasteiger partial charge on any atom is -0.355 e. The van der Waals surface area contributed by atoms with Crippen molar-refractivity contribution in [3.8, 4) is 0 Å². The summed E-state index contributed by atoms with van der Waals surface area (Å²) in [5.74, 6) is 1.55. The third kappa shape index (κ3) is 4.10. The van der Waals surface area contributed by atoms with Crippen molar-refractivity contribution >= 4 is 51.7 Å². The van der Waals surface area contributed by atoms with Crippen LogP contribution < -0.4 is 10.5 Å². The lowest BCUT2D eigenvalue weighted by Crippen LogP contribution is -2.41. The van der Waals surface area contributed by atoms with E-state index in [9.17, 15) is 9.59 Å². The van der Waals surface area contributed by atoms with Crippen LogP contribution in [0.15, 0.2) is 28.0 Å². The van der Waals surface area contributed by atoms with Crippen LogP contribution in [0.5, 0.6) is 0 Å². The van der Waals surface area contributed by atoms with Gasteiger partial charge in [-0.2, -0.15) is 0 Å². The number of amides is 1. The Hall–Kier alpha value is -2.19. The molecule has 8 heteroatoms. The summed E-state index contributed by atoms with van der Waals surface area (Å²) in [6, 6.07) is 3.84. The van der Waals surface area contributed by atoms with Crippen molar-refractivity contribution in [3.63, 3.8) is 0 Å². The van der Waals surface area contributed by atoms with E-state index in [1.807, 2.05) is 32.9 Å². The van der Waals surface area contributed by atoms with E-state index in [-0.39, 0.29) is 17.5 Å². The molecule has 0 spiro atoms. The molecule has 0 aliphatic carbocycles. The van der Waals surface area contributed by atoms with Crippen molar-refractivity contribution in [2.24, 2.45) is 11.8 Å². The maximum Gasteiger partial charge on any atom is 0.267 e. The van der Waals surface area contributed by atoms with Gasteiger partial charge < -0.3 is 4.90 Å². The Labute approximate surface area is 198 Å². The predicted octanol–water partition coefficient (Wildman–Crippen LogP) is 4.48. The molecule has 6 nitrogen and oxygen atoms in total. The molecule has 2 fully saturated rings. The Bertz CT molecular complexity index is 1160. The standard InChI is InChI=1S/C24H30N4O2S2/c1-6-17(5)28-23(30)19(32-24(28)31)11-18-21(26-12-14(2)10-15(3)13-26)25-20-16(4)8-7-9-27(20)22(18)29/h7-9,11,14-15,17H,6,10,12-13H2,1-5H3/b19-11+/t14-,15-,17-/m0/s1. The maximum atomic E-state index is 13.6. The molecule has 2 aliphatic heterocycles. The number of aryl methyl sites for hydroxylation is 1. The van der Waals surface area contributed by atoms with Crippen LogP contribution >= 0.6 is 24.0 Å². The van der Waals surface area contributed by atoms with E-state index >= 15 is 0 Å². The first-order valence-electron chi connectivity index (χ1n) is 11.2. The fourth-order valence-corrected chi connectivity index (χ4v) is 6.12. The average Bonchev–Trinajstić information content (AvgIpc) is 3.02. The van der Waals surface area contributed by atoms with Crippen molar-refractivity contribution in [1.29, 1.82) is 0 Å². The third-order valence-corrected chi connectivity index (χ3v) is 7.69. The average molecular weight is 471 g/mol. The van der Waals surface area contributed by atoms with E-state index in [1.165, 1.54) is 11.8 Å². The Morgan fingerprint density at radius 1 is 1.28 bits per heavy atom. The normalized spacial score (nSPS) is 24.1. The number of thioether (sulfide) groups is 1. The molecule has 0 N–H and O–H groups in total. The van der Waals surface area contributed by atoms with Crippen LogP contribution in [0.3, 0.4) is 0 Å². The molecule has 2 aliphatic rings. The van der Waals surface area contributed by atoms with E-state index in [0.717, 1.165) is 31.5 Å². The number of fused-ring (bicyclic) bond motifs is 1. The minimum atomic E-state index is -0.159. The monoisotopic (exact) mass is 470 g/mol. The summed E-state index contributed by atoms with van der Waals surface area (Å²) in [5.41, 5.74) is 1.90. The molecule has 2 aromatic heterocycles. The highest BCUT2D eigenvalue weighted by atomic mass is 32.2. The zero-order valence-corrected chi connectivity index (χ0v) is 20.9. The molecule has 0 aromatic carbocycles. The lowest BCUT2D eigenvalue weighted by atomic mass is 9.91. The lowest BCUT2D eigenvalue weighted by molar-refractivity contribution is -0.123. The van der Waals surface area contributed by atoms with Gasteiger partial charge in [-0.25, -0.2) is 4.98 Å². The van der Waals surface area contributed by atoms with Gasteiger partial charge in [0, 0.05) is 25.3 Å². The van der Waals surface area contributed by atoms with Gasteiger partial charge in [0.2, 0.25) is 0 Å². The molecule has 32 heavy (non-hydrogen) atoms. The van der Waals surface area contributed by atoms with Gasteiger partial charge in [0.1, 0.15) is 15.8 Å². The zero-order chi connectivity index (χ0) is 23.2. The van der Waals surface area contributed by atoms with Crippen LogP contribution in [-0.4, -0.2) is 43.6 Å². The third-order valence-electron chi connectivity index (χ3n) is 6.36. The smallest absolute Gasteiger partial charge is 0.267 e. The second-order valence-electron chi connectivity index (χ2n) is 9.20. The Kier molecular flexibility index (Phi) is 6.45. The van der Waals surface area contributed by atoms with Gasteiger partial charge in [0.05, 0.1) is 10.5 Å². The van der Waals surface area contributed by atoms with Crippen molar-refractivity contribution < 1.29 is 4.79 Å². The van der Waals surface area contributed by atoms with Crippen LogP contribution in [0.1, 0.15) is 51.7 Å². The predicted molar refractivity (Wildman–Crippen MR) is 136 cm³/mol. The summed E-state index contributed by atoms with van der Waals surface area (Å²) in [7, 11) is 0. The molecule has 0 saturated carbocycles. The molecule has 0 radical (unpaired) electrons. The number of piperidine rings is 1. The molecular formula is C24H30N4O2S2. The summed E-state index contributed by atoms with van der Waals surface area (Å²) in [4.78, 5) is 36.1. The highest BCUT2D eigenvalue weighted by molar-refractivity contribution is 8.26. The first-order chi connectivity index (χ1) is 15.2. The van der Waals surface area contributed by atoms with Crippen molar-refractivity contribution in [2.75, 3.05) is 18.0 Å². The SMILES string of the molecule is CC[C@H](C)N1C(=O)/C(=C\c2c(N3C[C@@H](C)C[C@H](C)C3)nc3c(C)cccn3c2=O)SC1=S. The second kappa shape index (κ2) is 8.98. The fraction of sp³-hybridized carbons (Fsp3) is 0.500. The topological polar surface area (TPSA) is 57.9 Å². The molecule has 3 atom stereocenters. The molecule has 0 unspecified atom stereocenters. The van der Waals surface area contributed by atoms with Crippen LogP contribution in [0.2, 0.25) is 0 Å². The quantitative estimate of drug-likeness (QED) is 0.485. The highest BCUT2D eigenvalue weighted by Gasteiger charge is 2.35. The summed E-state index contributed by atoms with van der Waals surface area (Å²) < 4.78 is 2.12. The summed E-state index contributed by atoms with van der Waals surface area (Å²) in [6.07, 6.45) is 5.43. The van der Waals surface area contributed by atoms with E-state index in [4.69, 9.17) is 17.2 Å². The number of rotatable bonds is 4. The van der Waals surface area contributed by atoms with Crippen LogP contribution in [0, 0.1) is 18.8 Å². The number of nitrogens with zero attached hydrogens (tertiary/aromatic N) is 4. The molecule has 4 heterocycles. The maximum absolute atomic E-state index is 13.6. The number of anilines is 1. The minimum absolute atomic E-state index is 0.0233. The van der Waals surface area contributed by atoms with Crippen LogP contribution in [-0.2, 0) is 4.79 Å². The largest absolute Gasteiger partial charge is 0.355 e. The molecule has 0 bridgehead atoms. The molecule has 170 valence electrons. The first-order valence-corrected chi connectivity index (χ1v) is 12.5. The number of thiocarbonyl (C=S) groups is 1. The summed E-state index contributed by atoms with van der Waals surface area (Å²) in [6.45, 7) is 12.1. The number of carbonyl (C=O) groups is 1. The Balaban J connectivity index is 1.89. The van der Waals surface area contributed by atoms with Crippen LogP contribution in [0.4, 0.5) is 5.82 Å². The number of hydrogen-bond donors (Lipinski definition) is 0. The lowest BCUT2D eigenvalue weighted by Gasteiger charge is -2.36. The highest BCUT2D eigenvalue weighted by Crippen LogP contribution is 2.36. The van der Waals surface area contributed by atoms with Crippen molar-refractivity contribution in [3.05, 3.63) is 44.7 Å². The number of hydrogen-bond acceptors (Lipinski definition) is 6. The fourth-order valence-electron chi connectivity index (χ4n) is 4.68. The van der Waals surface area contributed by atoms with Gasteiger partial charge in [0.25, 0.3) is 11.5 Å². The van der Waals surface area contributed by atoms with Gasteiger partial charge >= 0.3 is 0 Å². The van der Waals surface area contributed by atoms with E-state index < -0.39 is 0 Å². The van der Waals surface area contributed by atoms with E-state index in [2.05, 4.69) is 18.7 Å². The Morgan fingerprint density at radius 2 is 1.97 bits per heavy atom. The number of carbonyl (C=O) groups excluding carboxylic acids is 1. The van der Waals surface area contributed by atoms with Gasteiger partial charge in [-0.05, 0) is 56.2 Å². The summed E-state index contributed by atoms with van der Waals surface area (Å²) >= 11 is 6.76. The van der Waals surface area contributed by atoms with Gasteiger partial charge in [-0.3, -0.25) is 18.9 Å². The van der Waals surface area contributed by atoms with Gasteiger partial charge in [0.15, 0.2) is 0 Å². The molecule has 1 amide bonds. The molecule has 2 saturated heterocycles. The molecule has 4 rings (SSSR count). The second-order valence-corrected chi connectivity index (χ2v) is 10.9. The van der Waals surface area contributed by atoms with Gasteiger partial charge in [-0.1, -0.05) is 50.8 Å². The number of pyridine rings is 1. The number of aromatic nitrogens is 2. The zero-order valence-electron chi connectivity index (χ0n) is 19.3.